The molecule has 1 unspecified atom stereocenters. The van der Waals surface area contributed by atoms with E-state index in [2.05, 4.69) is 43.1 Å². The molecule has 0 amide bonds. The molecule has 2 heteroatoms. The number of nitrogens with zero attached hydrogens (tertiary/aromatic N) is 1. The lowest BCUT2D eigenvalue weighted by Crippen LogP contribution is -2.27. The fourth-order valence-electron chi connectivity index (χ4n) is 2.60. The van der Waals surface area contributed by atoms with Gasteiger partial charge in [0.15, 0.2) is 0 Å². The lowest BCUT2D eigenvalue weighted by atomic mass is 10.1. The highest BCUT2D eigenvalue weighted by molar-refractivity contribution is 5.83. The SMILES string of the molecule is Cc1ccccc1CN(C)CC1CCCC1=O. The number of Topliss-reactive ketones (excluding diaryl/α,β-unsaturated/α-hetero) is 1. The summed E-state index contributed by atoms with van der Waals surface area (Å²) >= 11 is 0. The van der Waals surface area contributed by atoms with Gasteiger partial charge in [0.2, 0.25) is 0 Å². The Morgan fingerprint density at radius 1 is 1.35 bits per heavy atom. The van der Waals surface area contributed by atoms with Crippen molar-refractivity contribution < 1.29 is 4.79 Å². The molecule has 0 N–H and O–H groups in total. The third-order valence-corrected chi connectivity index (χ3v) is 3.66. The molecule has 1 saturated carbocycles. The predicted octanol–water partition coefficient (Wildman–Crippen LogP) is 2.80. The number of hydrogen-bond donors (Lipinski definition) is 0. The van der Waals surface area contributed by atoms with Gasteiger partial charge < -0.3 is 4.90 Å². The minimum Gasteiger partial charge on any atom is -0.301 e. The van der Waals surface area contributed by atoms with Crippen molar-refractivity contribution in [2.45, 2.75) is 32.7 Å². The summed E-state index contributed by atoms with van der Waals surface area (Å²) in [4.78, 5) is 13.9. The second kappa shape index (κ2) is 5.46. The van der Waals surface area contributed by atoms with Crippen molar-refractivity contribution in [3.05, 3.63) is 35.4 Å². The highest BCUT2D eigenvalue weighted by atomic mass is 16.1. The van der Waals surface area contributed by atoms with Crippen molar-refractivity contribution in [1.29, 1.82) is 0 Å². The minimum atomic E-state index is 0.281. The van der Waals surface area contributed by atoms with Gasteiger partial charge in [-0.3, -0.25) is 4.79 Å². The van der Waals surface area contributed by atoms with Crippen molar-refractivity contribution in [3.63, 3.8) is 0 Å². The highest BCUT2D eigenvalue weighted by Gasteiger charge is 2.25. The maximum absolute atomic E-state index is 11.6. The first-order valence-electron chi connectivity index (χ1n) is 6.42. The van der Waals surface area contributed by atoms with Crippen LogP contribution in [-0.2, 0) is 11.3 Å². The number of carbonyl (C=O) groups is 1. The molecule has 1 aliphatic carbocycles. The van der Waals surface area contributed by atoms with Crippen LogP contribution < -0.4 is 0 Å². The normalized spacial score (nSPS) is 20.2. The zero-order chi connectivity index (χ0) is 12.3. The molecule has 0 heterocycles. The fraction of sp³-hybridized carbons (Fsp3) is 0.533. The van der Waals surface area contributed by atoms with E-state index in [-0.39, 0.29) is 5.92 Å². The van der Waals surface area contributed by atoms with Crippen molar-refractivity contribution in [1.82, 2.24) is 4.90 Å². The molecule has 1 atom stereocenters. The van der Waals surface area contributed by atoms with Gasteiger partial charge in [-0.25, -0.2) is 0 Å². The summed E-state index contributed by atoms with van der Waals surface area (Å²) in [5.74, 6) is 0.741. The standard InChI is InChI=1S/C15H21NO/c1-12-6-3-4-7-13(12)10-16(2)11-14-8-5-9-15(14)17/h3-4,6-7,14H,5,8-11H2,1-2H3. The van der Waals surface area contributed by atoms with Gasteiger partial charge in [-0.05, 0) is 37.9 Å². The third-order valence-electron chi connectivity index (χ3n) is 3.66. The second-order valence-electron chi connectivity index (χ2n) is 5.18. The summed E-state index contributed by atoms with van der Waals surface area (Å²) in [5.41, 5.74) is 2.69. The van der Waals surface area contributed by atoms with Gasteiger partial charge in [-0.2, -0.15) is 0 Å². The molecule has 1 aliphatic rings. The van der Waals surface area contributed by atoms with Crippen LogP contribution in [0.4, 0.5) is 0 Å². The molecular formula is C15H21NO. The first-order chi connectivity index (χ1) is 8.16. The topological polar surface area (TPSA) is 20.3 Å². The van der Waals surface area contributed by atoms with E-state index in [0.717, 1.165) is 32.4 Å². The van der Waals surface area contributed by atoms with E-state index in [4.69, 9.17) is 0 Å². The van der Waals surface area contributed by atoms with Crippen LogP contribution in [0.5, 0.6) is 0 Å². The van der Waals surface area contributed by atoms with Crippen LogP contribution in [0, 0.1) is 12.8 Å². The average Bonchev–Trinajstić information content (AvgIpc) is 2.68. The van der Waals surface area contributed by atoms with Crippen LogP contribution in [-0.4, -0.2) is 24.3 Å². The molecule has 1 fully saturated rings. The van der Waals surface area contributed by atoms with Crippen molar-refractivity contribution in [2.75, 3.05) is 13.6 Å². The maximum Gasteiger partial charge on any atom is 0.137 e. The van der Waals surface area contributed by atoms with Crippen LogP contribution in [0.15, 0.2) is 24.3 Å². The summed E-state index contributed by atoms with van der Waals surface area (Å²) in [5, 5.41) is 0. The van der Waals surface area contributed by atoms with Crippen LogP contribution in [0.2, 0.25) is 0 Å². The Morgan fingerprint density at radius 3 is 2.76 bits per heavy atom. The Kier molecular flexibility index (Phi) is 3.95. The zero-order valence-corrected chi connectivity index (χ0v) is 10.8. The van der Waals surface area contributed by atoms with Crippen molar-refractivity contribution in [2.24, 2.45) is 5.92 Å². The Bertz CT molecular complexity index is 400. The largest absolute Gasteiger partial charge is 0.301 e. The quantitative estimate of drug-likeness (QED) is 0.794. The molecule has 0 aromatic heterocycles. The molecule has 0 spiro atoms. The van der Waals surface area contributed by atoms with Gasteiger partial charge in [0.05, 0.1) is 0 Å². The Hall–Kier alpha value is -1.15. The molecule has 0 bridgehead atoms. The van der Waals surface area contributed by atoms with Crippen LogP contribution >= 0.6 is 0 Å². The van der Waals surface area contributed by atoms with Gasteiger partial charge in [-0.1, -0.05) is 24.3 Å². The molecule has 1 aromatic rings. The van der Waals surface area contributed by atoms with Gasteiger partial charge in [0, 0.05) is 25.4 Å². The zero-order valence-electron chi connectivity index (χ0n) is 10.8. The molecule has 1 aromatic carbocycles. The van der Waals surface area contributed by atoms with E-state index >= 15 is 0 Å². The molecule has 2 rings (SSSR count). The lowest BCUT2D eigenvalue weighted by Gasteiger charge is -2.21. The van der Waals surface area contributed by atoms with E-state index in [9.17, 15) is 4.79 Å². The predicted molar refractivity (Wildman–Crippen MR) is 69.9 cm³/mol. The monoisotopic (exact) mass is 231 g/mol. The van der Waals surface area contributed by atoms with Gasteiger partial charge in [0.25, 0.3) is 0 Å². The summed E-state index contributed by atoms with van der Waals surface area (Å²) < 4.78 is 0. The van der Waals surface area contributed by atoms with Gasteiger partial charge in [-0.15, -0.1) is 0 Å². The first kappa shape index (κ1) is 12.3. The van der Waals surface area contributed by atoms with E-state index in [1.165, 1.54) is 11.1 Å². The molecule has 17 heavy (non-hydrogen) atoms. The Morgan fingerprint density at radius 2 is 2.12 bits per heavy atom. The van der Waals surface area contributed by atoms with E-state index in [1.54, 1.807) is 0 Å². The molecule has 2 nitrogen and oxygen atoms in total. The first-order valence-corrected chi connectivity index (χ1v) is 6.42. The average molecular weight is 231 g/mol. The lowest BCUT2D eigenvalue weighted by molar-refractivity contribution is -0.121. The number of carbonyl (C=O) groups excluding carboxylic acids is 1. The fourth-order valence-corrected chi connectivity index (χ4v) is 2.60. The maximum atomic E-state index is 11.6. The molecule has 92 valence electrons. The number of rotatable bonds is 4. The molecule has 0 radical (unpaired) electrons. The van der Waals surface area contributed by atoms with Gasteiger partial charge in [0.1, 0.15) is 5.78 Å². The smallest absolute Gasteiger partial charge is 0.137 e. The number of aryl methyl sites for hydroxylation is 1. The Labute approximate surface area is 104 Å². The highest BCUT2D eigenvalue weighted by Crippen LogP contribution is 2.22. The van der Waals surface area contributed by atoms with E-state index < -0.39 is 0 Å². The Balaban J connectivity index is 1.91. The van der Waals surface area contributed by atoms with Crippen molar-refractivity contribution in [3.8, 4) is 0 Å². The summed E-state index contributed by atoms with van der Waals surface area (Å²) in [6.07, 6.45) is 2.96. The number of ketones is 1. The van der Waals surface area contributed by atoms with Gasteiger partial charge >= 0.3 is 0 Å². The molecule has 0 saturated heterocycles. The van der Waals surface area contributed by atoms with E-state index in [1.807, 2.05) is 0 Å². The van der Waals surface area contributed by atoms with Crippen LogP contribution in [0.1, 0.15) is 30.4 Å². The molecule has 0 aliphatic heterocycles. The minimum absolute atomic E-state index is 0.281. The molecular weight excluding hydrogens is 210 g/mol. The van der Waals surface area contributed by atoms with Crippen molar-refractivity contribution >= 4 is 5.78 Å². The third kappa shape index (κ3) is 3.16. The number of benzene rings is 1. The van der Waals surface area contributed by atoms with E-state index in [0.29, 0.717) is 5.78 Å². The number of hydrogen-bond acceptors (Lipinski definition) is 2. The van der Waals surface area contributed by atoms with Crippen LogP contribution in [0.25, 0.3) is 0 Å². The summed E-state index contributed by atoms with van der Waals surface area (Å²) in [6, 6.07) is 8.46. The van der Waals surface area contributed by atoms with Crippen LogP contribution in [0.3, 0.4) is 0 Å². The summed E-state index contributed by atoms with van der Waals surface area (Å²) in [7, 11) is 2.11. The second-order valence-corrected chi connectivity index (χ2v) is 5.18. The summed E-state index contributed by atoms with van der Waals surface area (Å²) in [6.45, 7) is 3.99.